The van der Waals surface area contributed by atoms with Crippen molar-refractivity contribution in [1.82, 2.24) is 0 Å². The molecule has 0 spiro atoms. The van der Waals surface area contributed by atoms with Gasteiger partial charge in [-0.2, -0.15) is 0 Å². The van der Waals surface area contributed by atoms with E-state index in [-0.39, 0.29) is 12.5 Å². The highest BCUT2D eigenvalue weighted by molar-refractivity contribution is 14.1. The standard InChI is InChI=1S/C15H12Cl2INO2/c16-10-7-12(14(18)13(17)8-10)15(21)19-11-3-1-9(2-4-11)5-6-20/h1-4,7-8,20H,5-6H2,(H,19,21). The first-order chi connectivity index (χ1) is 10.0. The zero-order chi connectivity index (χ0) is 15.4. The third-order valence-electron chi connectivity index (χ3n) is 2.85. The molecule has 2 aromatic carbocycles. The van der Waals surface area contributed by atoms with Crippen LogP contribution in [0.4, 0.5) is 5.69 Å². The Balaban J connectivity index is 2.18. The molecule has 21 heavy (non-hydrogen) atoms. The van der Waals surface area contributed by atoms with Crippen molar-refractivity contribution >= 4 is 57.4 Å². The fourth-order valence-electron chi connectivity index (χ4n) is 1.80. The summed E-state index contributed by atoms with van der Waals surface area (Å²) in [4.78, 5) is 12.3. The van der Waals surface area contributed by atoms with Crippen LogP contribution in [0.2, 0.25) is 10.0 Å². The molecule has 1 amide bonds. The average Bonchev–Trinajstić information content (AvgIpc) is 2.45. The highest BCUT2D eigenvalue weighted by Gasteiger charge is 2.14. The monoisotopic (exact) mass is 435 g/mol. The van der Waals surface area contributed by atoms with Crippen LogP contribution in [0.25, 0.3) is 0 Å². The van der Waals surface area contributed by atoms with E-state index in [2.05, 4.69) is 5.32 Å². The van der Waals surface area contributed by atoms with E-state index in [1.54, 1.807) is 24.3 Å². The van der Waals surface area contributed by atoms with E-state index in [0.717, 1.165) is 5.56 Å². The maximum atomic E-state index is 12.3. The summed E-state index contributed by atoms with van der Waals surface area (Å²) in [5, 5.41) is 12.5. The molecule has 0 aliphatic rings. The number of carbonyl (C=O) groups excluding carboxylic acids is 1. The number of hydrogen-bond acceptors (Lipinski definition) is 2. The molecule has 0 unspecified atom stereocenters. The average molecular weight is 436 g/mol. The SMILES string of the molecule is O=C(Nc1ccc(CCO)cc1)c1cc(Cl)cc(Cl)c1I. The lowest BCUT2D eigenvalue weighted by molar-refractivity contribution is 0.102. The van der Waals surface area contributed by atoms with Crippen molar-refractivity contribution in [2.24, 2.45) is 0 Å². The molecular weight excluding hydrogens is 424 g/mol. The van der Waals surface area contributed by atoms with Gasteiger partial charge in [0.1, 0.15) is 0 Å². The Labute approximate surface area is 146 Å². The molecule has 0 bridgehead atoms. The van der Waals surface area contributed by atoms with Gasteiger partial charge >= 0.3 is 0 Å². The van der Waals surface area contributed by atoms with Crippen molar-refractivity contribution < 1.29 is 9.90 Å². The largest absolute Gasteiger partial charge is 0.396 e. The van der Waals surface area contributed by atoms with Gasteiger partial charge in [0.2, 0.25) is 0 Å². The summed E-state index contributed by atoms with van der Waals surface area (Å²) in [6, 6.07) is 10.5. The van der Waals surface area contributed by atoms with Crippen molar-refractivity contribution in [2.45, 2.75) is 6.42 Å². The van der Waals surface area contributed by atoms with E-state index in [1.165, 1.54) is 0 Å². The van der Waals surface area contributed by atoms with E-state index in [0.29, 0.717) is 31.3 Å². The van der Waals surface area contributed by atoms with Gasteiger partial charge < -0.3 is 10.4 Å². The topological polar surface area (TPSA) is 49.3 Å². The van der Waals surface area contributed by atoms with Crippen LogP contribution in [-0.2, 0) is 6.42 Å². The van der Waals surface area contributed by atoms with Gasteiger partial charge in [0.05, 0.1) is 10.6 Å². The van der Waals surface area contributed by atoms with Gasteiger partial charge in [-0.1, -0.05) is 35.3 Å². The molecule has 0 saturated carbocycles. The van der Waals surface area contributed by atoms with E-state index >= 15 is 0 Å². The fraction of sp³-hybridized carbons (Fsp3) is 0.133. The minimum Gasteiger partial charge on any atom is -0.396 e. The Morgan fingerprint density at radius 3 is 2.48 bits per heavy atom. The number of anilines is 1. The number of amides is 1. The molecular formula is C15H12Cl2INO2. The Morgan fingerprint density at radius 1 is 1.19 bits per heavy atom. The van der Waals surface area contributed by atoms with Crippen LogP contribution in [0, 0.1) is 3.57 Å². The van der Waals surface area contributed by atoms with Crippen molar-refractivity contribution in [3.8, 4) is 0 Å². The number of carbonyl (C=O) groups is 1. The molecule has 0 fully saturated rings. The third-order valence-corrected chi connectivity index (χ3v) is 4.85. The maximum Gasteiger partial charge on any atom is 0.256 e. The number of halogens is 3. The van der Waals surface area contributed by atoms with Crippen molar-refractivity contribution in [2.75, 3.05) is 11.9 Å². The van der Waals surface area contributed by atoms with Crippen LogP contribution in [0.1, 0.15) is 15.9 Å². The van der Waals surface area contributed by atoms with E-state index < -0.39 is 0 Å². The Kier molecular flexibility index (Phi) is 5.87. The van der Waals surface area contributed by atoms with Gasteiger partial charge in [0.25, 0.3) is 5.91 Å². The summed E-state index contributed by atoms with van der Waals surface area (Å²) in [5.74, 6) is -0.265. The lowest BCUT2D eigenvalue weighted by Gasteiger charge is -2.09. The number of benzene rings is 2. The van der Waals surface area contributed by atoms with Gasteiger partial charge in [0.15, 0.2) is 0 Å². The van der Waals surface area contributed by atoms with Crippen molar-refractivity contribution in [3.05, 3.63) is 61.1 Å². The fourth-order valence-corrected chi connectivity index (χ4v) is 2.85. The second-order valence-corrected chi connectivity index (χ2v) is 6.30. The first-order valence-corrected chi connectivity index (χ1v) is 8.00. The molecule has 3 nitrogen and oxygen atoms in total. The molecule has 2 aromatic rings. The zero-order valence-electron chi connectivity index (χ0n) is 10.9. The molecule has 6 heteroatoms. The summed E-state index contributed by atoms with van der Waals surface area (Å²) in [7, 11) is 0. The van der Waals surface area contributed by atoms with Crippen molar-refractivity contribution in [1.29, 1.82) is 0 Å². The zero-order valence-corrected chi connectivity index (χ0v) is 14.5. The highest BCUT2D eigenvalue weighted by atomic mass is 127. The summed E-state index contributed by atoms with van der Waals surface area (Å²) in [6.45, 7) is 0.102. The maximum absolute atomic E-state index is 12.3. The number of hydrogen-bond donors (Lipinski definition) is 2. The molecule has 0 radical (unpaired) electrons. The van der Waals surface area contributed by atoms with Crippen LogP contribution >= 0.6 is 45.8 Å². The van der Waals surface area contributed by atoms with E-state index in [1.807, 2.05) is 34.7 Å². The second kappa shape index (κ2) is 7.45. The Hall–Kier alpha value is -0.820. The van der Waals surface area contributed by atoms with E-state index in [9.17, 15) is 4.79 Å². The molecule has 0 aliphatic carbocycles. The summed E-state index contributed by atoms with van der Waals surface area (Å²) in [5.41, 5.74) is 2.12. The number of aliphatic hydroxyl groups excluding tert-OH is 1. The Morgan fingerprint density at radius 2 is 1.86 bits per heavy atom. The normalized spacial score (nSPS) is 10.5. The first kappa shape index (κ1) is 16.5. The third kappa shape index (κ3) is 4.32. The molecule has 0 aliphatic heterocycles. The van der Waals surface area contributed by atoms with Crippen LogP contribution in [-0.4, -0.2) is 17.6 Å². The quantitative estimate of drug-likeness (QED) is 0.552. The van der Waals surface area contributed by atoms with E-state index in [4.69, 9.17) is 28.3 Å². The molecule has 2 rings (SSSR count). The Bertz CT molecular complexity index is 659. The first-order valence-electron chi connectivity index (χ1n) is 6.17. The second-order valence-electron chi connectivity index (χ2n) is 4.37. The molecule has 2 N–H and O–H groups in total. The number of rotatable bonds is 4. The van der Waals surface area contributed by atoms with Gasteiger partial charge in [0, 0.05) is 20.9 Å². The highest BCUT2D eigenvalue weighted by Crippen LogP contribution is 2.27. The lowest BCUT2D eigenvalue weighted by atomic mass is 10.1. The predicted octanol–water partition coefficient (Wildman–Crippen LogP) is 4.39. The van der Waals surface area contributed by atoms with Gasteiger partial charge in [-0.05, 0) is 58.8 Å². The lowest BCUT2D eigenvalue weighted by Crippen LogP contribution is -2.13. The van der Waals surface area contributed by atoms with Crippen LogP contribution < -0.4 is 5.32 Å². The van der Waals surface area contributed by atoms with Gasteiger partial charge in [-0.3, -0.25) is 4.79 Å². The number of aliphatic hydroxyl groups is 1. The molecule has 0 atom stereocenters. The van der Waals surface area contributed by atoms with Crippen LogP contribution in [0.3, 0.4) is 0 Å². The molecule has 0 saturated heterocycles. The smallest absolute Gasteiger partial charge is 0.256 e. The molecule has 0 aromatic heterocycles. The summed E-state index contributed by atoms with van der Waals surface area (Å²) in [6.07, 6.45) is 0.593. The number of nitrogens with one attached hydrogen (secondary N) is 1. The minimum absolute atomic E-state index is 0.102. The molecule has 110 valence electrons. The predicted molar refractivity (Wildman–Crippen MR) is 94.4 cm³/mol. The minimum atomic E-state index is -0.265. The van der Waals surface area contributed by atoms with Crippen LogP contribution in [0.15, 0.2) is 36.4 Å². The summed E-state index contributed by atoms with van der Waals surface area (Å²) >= 11 is 14.0. The van der Waals surface area contributed by atoms with Gasteiger partial charge in [-0.15, -0.1) is 0 Å². The van der Waals surface area contributed by atoms with Crippen LogP contribution in [0.5, 0.6) is 0 Å². The van der Waals surface area contributed by atoms with Crippen molar-refractivity contribution in [3.63, 3.8) is 0 Å². The van der Waals surface area contributed by atoms with Gasteiger partial charge in [-0.25, -0.2) is 0 Å². The summed E-state index contributed by atoms with van der Waals surface area (Å²) < 4.78 is 0.660. The molecule has 0 heterocycles.